The normalized spacial score (nSPS) is 15.2. The molecule has 218 valence electrons. The van der Waals surface area contributed by atoms with E-state index in [1.165, 1.54) is 11.8 Å². The van der Waals surface area contributed by atoms with Crippen molar-refractivity contribution in [3.63, 3.8) is 0 Å². The Bertz CT molecular complexity index is 1350. The van der Waals surface area contributed by atoms with Crippen LogP contribution in [0, 0.1) is 5.88 Å². The smallest absolute Gasteiger partial charge is 0.322 e. The van der Waals surface area contributed by atoms with Crippen LogP contribution >= 0.6 is 11.8 Å². The van der Waals surface area contributed by atoms with Crippen molar-refractivity contribution in [1.29, 1.82) is 0 Å². The van der Waals surface area contributed by atoms with Crippen molar-refractivity contribution in [1.82, 2.24) is 0 Å². The number of para-hydroxylation sites is 1. The van der Waals surface area contributed by atoms with Gasteiger partial charge < -0.3 is 4.90 Å². The van der Waals surface area contributed by atoms with Crippen molar-refractivity contribution in [2.24, 2.45) is 0 Å². The van der Waals surface area contributed by atoms with Gasteiger partial charge in [-0.05, 0) is 61.4 Å². The fraction of sp³-hybridized carbons (Fsp3) is 0.222. The Morgan fingerprint density at radius 3 is 1.17 bits per heavy atom. The standard InChI is InChI=1S/C27H15F12NS/c1-13-14(2)41-12-40(13)23-21(15-6-17(24(28,29)30)10-18(7-15)25(31,32)33)4-3-5-22(23)16-8-19(26(34,35)36)11-20(9-16)27(37,38)39/h3-11H,1-2H3. The summed E-state index contributed by atoms with van der Waals surface area (Å²) in [6, 6.07) is 4.91. The van der Waals surface area contributed by atoms with Gasteiger partial charge in [-0.2, -0.15) is 52.7 Å². The third-order valence-corrected chi connectivity index (χ3v) is 7.07. The monoisotopic (exact) mass is 613 g/mol. The summed E-state index contributed by atoms with van der Waals surface area (Å²) in [5.41, 5.74) is -8.35. The first kappa shape index (κ1) is 30.7. The lowest BCUT2D eigenvalue weighted by atomic mass is 9.91. The van der Waals surface area contributed by atoms with Crippen LogP contribution in [0.2, 0.25) is 0 Å². The van der Waals surface area contributed by atoms with Crippen molar-refractivity contribution in [2.45, 2.75) is 38.6 Å². The second-order valence-corrected chi connectivity index (χ2v) is 9.96. The molecule has 0 unspecified atom stereocenters. The van der Waals surface area contributed by atoms with Gasteiger partial charge in [-0.1, -0.05) is 30.0 Å². The zero-order valence-electron chi connectivity index (χ0n) is 20.6. The first-order chi connectivity index (χ1) is 18.7. The minimum atomic E-state index is -5.20. The number of thioether (sulfide) groups is 1. The van der Waals surface area contributed by atoms with Crippen LogP contribution in [0.3, 0.4) is 0 Å². The Morgan fingerprint density at radius 1 is 0.561 bits per heavy atom. The van der Waals surface area contributed by atoms with Crippen molar-refractivity contribution < 1.29 is 52.7 Å². The van der Waals surface area contributed by atoms with E-state index in [1.54, 1.807) is 6.92 Å². The Morgan fingerprint density at radius 2 is 0.902 bits per heavy atom. The zero-order valence-corrected chi connectivity index (χ0v) is 21.4. The SMILES string of the molecule is CC1=C(C)N(c2c(-c3cc(C(F)(F)F)cc(C(F)(F)F)c3)cccc2-c2cc(C(F)(F)F)cc(C(F)(F)F)c2)[C]S1. The van der Waals surface area contributed by atoms with Crippen LogP contribution < -0.4 is 4.90 Å². The average molecular weight is 613 g/mol. The summed E-state index contributed by atoms with van der Waals surface area (Å²) < 4.78 is 163. The molecule has 0 bridgehead atoms. The summed E-state index contributed by atoms with van der Waals surface area (Å²) >= 11 is 0.981. The van der Waals surface area contributed by atoms with E-state index in [-0.39, 0.29) is 28.9 Å². The lowest BCUT2D eigenvalue weighted by Crippen LogP contribution is -2.16. The molecule has 0 saturated carbocycles. The molecule has 0 saturated heterocycles. The number of alkyl halides is 12. The number of allylic oxidation sites excluding steroid dienone is 2. The largest absolute Gasteiger partial charge is 0.416 e. The molecular weight excluding hydrogens is 598 g/mol. The third-order valence-electron chi connectivity index (χ3n) is 6.19. The van der Waals surface area contributed by atoms with Gasteiger partial charge in [0.25, 0.3) is 0 Å². The molecule has 1 nitrogen and oxygen atoms in total. The highest BCUT2D eigenvalue weighted by Crippen LogP contribution is 2.50. The van der Waals surface area contributed by atoms with Gasteiger partial charge in [-0.15, -0.1) is 0 Å². The summed E-state index contributed by atoms with van der Waals surface area (Å²) in [4.78, 5) is 1.76. The molecular formula is C27H15F12NS. The average Bonchev–Trinajstić information content (AvgIpc) is 3.18. The maximum absolute atomic E-state index is 13.6. The topological polar surface area (TPSA) is 3.24 Å². The Kier molecular flexibility index (Phi) is 7.64. The number of anilines is 1. The van der Waals surface area contributed by atoms with Crippen LogP contribution in [-0.4, -0.2) is 0 Å². The molecule has 3 aromatic carbocycles. The maximum atomic E-state index is 13.6. The van der Waals surface area contributed by atoms with Gasteiger partial charge in [-0.3, -0.25) is 0 Å². The van der Waals surface area contributed by atoms with E-state index < -0.39 is 58.1 Å². The van der Waals surface area contributed by atoms with Crippen LogP contribution in [0.25, 0.3) is 22.3 Å². The number of hydrogen-bond acceptors (Lipinski definition) is 2. The molecule has 2 radical (unpaired) electrons. The number of benzene rings is 3. The molecule has 41 heavy (non-hydrogen) atoms. The summed E-state index contributed by atoms with van der Waals surface area (Å²) in [5.74, 6) is 2.76. The van der Waals surface area contributed by atoms with Gasteiger partial charge in [0, 0.05) is 21.7 Å². The molecule has 1 aliphatic heterocycles. The quantitative estimate of drug-likeness (QED) is 0.271. The number of nitrogens with zero attached hydrogens (tertiary/aromatic N) is 1. The predicted octanol–water partition coefficient (Wildman–Crippen LogP) is 10.9. The molecule has 0 fully saturated rings. The van der Waals surface area contributed by atoms with Crippen molar-refractivity contribution in [3.05, 3.63) is 93.3 Å². The van der Waals surface area contributed by atoms with E-state index in [9.17, 15) is 52.7 Å². The molecule has 0 atom stereocenters. The van der Waals surface area contributed by atoms with Crippen molar-refractivity contribution in [2.75, 3.05) is 4.90 Å². The van der Waals surface area contributed by atoms with Gasteiger partial charge in [0.05, 0.1) is 27.9 Å². The number of halogens is 12. The maximum Gasteiger partial charge on any atom is 0.416 e. The molecule has 1 aliphatic rings. The van der Waals surface area contributed by atoms with Crippen LogP contribution in [0.5, 0.6) is 0 Å². The molecule has 3 aromatic rings. The van der Waals surface area contributed by atoms with Crippen LogP contribution in [0.1, 0.15) is 36.1 Å². The highest BCUT2D eigenvalue weighted by atomic mass is 32.2. The van der Waals surface area contributed by atoms with E-state index in [0.717, 1.165) is 30.0 Å². The number of hydrogen-bond donors (Lipinski definition) is 0. The fourth-order valence-electron chi connectivity index (χ4n) is 4.10. The van der Waals surface area contributed by atoms with Gasteiger partial charge in [0.1, 0.15) is 0 Å². The first-order valence-electron chi connectivity index (χ1n) is 11.3. The molecule has 0 N–H and O–H groups in total. The molecule has 0 aromatic heterocycles. The molecule has 4 rings (SSSR count). The van der Waals surface area contributed by atoms with E-state index in [4.69, 9.17) is 0 Å². The van der Waals surface area contributed by atoms with Crippen LogP contribution in [0.15, 0.2) is 65.2 Å². The Hall–Kier alpha value is -3.29. The molecule has 0 spiro atoms. The Labute approximate surface area is 229 Å². The van der Waals surface area contributed by atoms with Crippen molar-refractivity contribution in [3.8, 4) is 22.3 Å². The molecule has 1 heterocycles. The fourth-order valence-corrected chi connectivity index (χ4v) is 4.79. The van der Waals surface area contributed by atoms with E-state index >= 15 is 0 Å². The summed E-state index contributed by atoms with van der Waals surface area (Å²) in [7, 11) is 0. The molecule has 0 aliphatic carbocycles. The van der Waals surface area contributed by atoms with Crippen molar-refractivity contribution >= 4 is 17.4 Å². The van der Waals surface area contributed by atoms with Gasteiger partial charge in [0.2, 0.25) is 0 Å². The van der Waals surface area contributed by atoms with Gasteiger partial charge in [0.15, 0.2) is 5.88 Å². The lowest BCUT2D eigenvalue weighted by Gasteiger charge is -2.27. The lowest BCUT2D eigenvalue weighted by molar-refractivity contribution is -0.144. The minimum Gasteiger partial charge on any atom is -0.322 e. The number of rotatable bonds is 3. The Balaban J connectivity index is 2.11. The second kappa shape index (κ2) is 10.2. The van der Waals surface area contributed by atoms with Gasteiger partial charge in [-0.25, -0.2) is 0 Å². The van der Waals surface area contributed by atoms with E-state index in [2.05, 4.69) is 5.88 Å². The predicted molar refractivity (Wildman–Crippen MR) is 129 cm³/mol. The molecule has 14 heteroatoms. The highest BCUT2D eigenvalue weighted by Gasteiger charge is 2.39. The summed E-state index contributed by atoms with van der Waals surface area (Å²) in [6.45, 7) is 3.11. The van der Waals surface area contributed by atoms with E-state index in [0.29, 0.717) is 34.9 Å². The van der Waals surface area contributed by atoms with Crippen LogP contribution in [0.4, 0.5) is 58.4 Å². The summed E-state index contributed by atoms with van der Waals surface area (Å²) in [6.07, 6.45) is -20.8. The van der Waals surface area contributed by atoms with Crippen LogP contribution in [-0.2, 0) is 24.7 Å². The summed E-state index contributed by atoms with van der Waals surface area (Å²) in [5, 5.41) is 0. The molecule has 0 amide bonds. The first-order valence-corrected chi connectivity index (χ1v) is 12.1. The highest BCUT2D eigenvalue weighted by molar-refractivity contribution is 8.05. The van der Waals surface area contributed by atoms with Gasteiger partial charge >= 0.3 is 24.7 Å². The minimum absolute atomic E-state index is 0.0886. The zero-order chi connectivity index (χ0) is 30.7. The van der Waals surface area contributed by atoms with E-state index in [1.807, 2.05) is 0 Å². The third kappa shape index (κ3) is 6.31. The second-order valence-electron chi connectivity index (χ2n) is 8.96.